The Morgan fingerprint density at radius 1 is 1.64 bits per heavy atom. The largest absolute Gasteiger partial charge is 0.268 e. The van der Waals surface area contributed by atoms with E-state index in [-0.39, 0.29) is 0 Å². The molecule has 1 aromatic heterocycles. The number of aromatic nitrogens is 2. The van der Waals surface area contributed by atoms with E-state index in [4.69, 9.17) is 0 Å². The second-order valence-corrected chi connectivity index (χ2v) is 3.76. The Balaban J connectivity index is 3.13. The first kappa shape index (κ1) is 8.71. The molecule has 62 valence electrons. The molecule has 0 spiro atoms. The predicted octanol–water partition coefficient (Wildman–Crippen LogP) is 2.39. The maximum absolute atomic E-state index is 13.3. The first-order chi connectivity index (χ1) is 4.91. The molecule has 11 heavy (non-hydrogen) atoms. The van der Waals surface area contributed by atoms with Crippen LogP contribution in [0.15, 0.2) is 10.7 Å². The summed E-state index contributed by atoms with van der Waals surface area (Å²) in [6, 6.07) is 1.68. The fourth-order valence-corrected chi connectivity index (χ4v) is 1.44. The molecule has 0 radical (unpaired) electrons. The van der Waals surface area contributed by atoms with Gasteiger partial charge in [0.2, 0.25) is 0 Å². The van der Waals surface area contributed by atoms with Gasteiger partial charge in [0.25, 0.3) is 0 Å². The van der Waals surface area contributed by atoms with Crippen LogP contribution in [0.5, 0.6) is 0 Å². The van der Waals surface area contributed by atoms with Crippen molar-refractivity contribution in [1.82, 2.24) is 9.78 Å². The van der Waals surface area contributed by atoms with E-state index >= 15 is 0 Å². The van der Waals surface area contributed by atoms with Gasteiger partial charge in [-0.25, -0.2) is 4.39 Å². The lowest BCUT2D eigenvalue weighted by atomic mass is 10.1. The number of hydrogen-bond donors (Lipinski definition) is 0. The predicted molar refractivity (Wildman–Crippen MR) is 45.0 cm³/mol. The van der Waals surface area contributed by atoms with Crippen LogP contribution in [-0.4, -0.2) is 9.78 Å². The number of aryl methyl sites for hydroxylation is 1. The lowest BCUT2D eigenvalue weighted by Gasteiger charge is -2.13. The quantitative estimate of drug-likeness (QED) is 0.711. The van der Waals surface area contributed by atoms with Crippen LogP contribution >= 0.6 is 15.9 Å². The molecule has 2 nitrogen and oxygen atoms in total. The molecule has 0 saturated heterocycles. The number of halogens is 2. The Kier molecular flexibility index (Phi) is 2.05. The lowest BCUT2D eigenvalue weighted by Crippen LogP contribution is -2.14. The van der Waals surface area contributed by atoms with Crippen LogP contribution in [0.2, 0.25) is 0 Å². The zero-order valence-electron chi connectivity index (χ0n) is 6.73. The van der Waals surface area contributed by atoms with E-state index in [1.54, 1.807) is 13.1 Å². The van der Waals surface area contributed by atoms with Gasteiger partial charge in [0.05, 0.1) is 5.69 Å². The lowest BCUT2D eigenvalue weighted by molar-refractivity contribution is 0.206. The van der Waals surface area contributed by atoms with Gasteiger partial charge < -0.3 is 0 Å². The molecular weight excluding hydrogens is 211 g/mol. The van der Waals surface area contributed by atoms with Crippen molar-refractivity contribution >= 4 is 15.9 Å². The van der Waals surface area contributed by atoms with Crippen LogP contribution in [0, 0.1) is 0 Å². The highest BCUT2D eigenvalue weighted by atomic mass is 79.9. The summed E-state index contributed by atoms with van der Waals surface area (Å²) in [4.78, 5) is 0. The van der Waals surface area contributed by atoms with Crippen molar-refractivity contribution in [3.63, 3.8) is 0 Å². The molecular formula is C7H10BrFN2. The summed E-state index contributed by atoms with van der Waals surface area (Å²) < 4.78 is 15.5. The third kappa shape index (κ3) is 1.80. The average molecular weight is 221 g/mol. The molecule has 0 aliphatic carbocycles. The summed E-state index contributed by atoms with van der Waals surface area (Å²) >= 11 is 3.18. The maximum atomic E-state index is 13.3. The molecule has 0 bridgehead atoms. The zero-order chi connectivity index (χ0) is 8.65. The van der Waals surface area contributed by atoms with E-state index < -0.39 is 5.67 Å². The Labute approximate surface area is 73.5 Å². The van der Waals surface area contributed by atoms with Crippen molar-refractivity contribution in [2.24, 2.45) is 7.05 Å². The van der Waals surface area contributed by atoms with Gasteiger partial charge in [0.1, 0.15) is 10.3 Å². The monoisotopic (exact) mass is 220 g/mol. The van der Waals surface area contributed by atoms with Crippen LogP contribution in [0.1, 0.15) is 19.5 Å². The molecule has 1 rings (SSSR count). The minimum Gasteiger partial charge on any atom is -0.268 e. The molecule has 0 atom stereocenters. The van der Waals surface area contributed by atoms with Crippen LogP contribution in [0.4, 0.5) is 4.39 Å². The smallest absolute Gasteiger partial charge is 0.146 e. The van der Waals surface area contributed by atoms with Gasteiger partial charge in [0.15, 0.2) is 0 Å². The van der Waals surface area contributed by atoms with Gasteiger partial charge in [-0.1, -0.05) is 0 Å². The molecule has 0 fully saturated rings. The Hall–Kier alpha value is -0.380. The standard InChI is InChI=1S/C7H10BrFN2/c1-7(2,9)5-4-6(8)10-11(5)3/h4H,1-3H3. The summed E-state index contributed by atoms with van der Waals surface area (Å²) in [5.41, 5.74) is -0.752. The van der Waals surface area contributed by atoms with Crippen LogP contribution in [0.25, 0.3) is 0 Å². The summed E-state index contributed by atoms with van der Waals surface area (Å²) in [5, 5.41) is 3.97. The molecule has 1 aromatic rings. The molecule has 0 N–H and O–H groups in total. The van der Waals surface area contributed by atoms with Crippen molar-refractivity contribution in [2.75, 3.05) is 0 Å². The van der Waals surface area contributed by atoms with Gasteiger partial charge >= 0.3 is 0 Å². The SMILES string of the molecule is Cn1nc(Br)cc1C(C)(C)F. The average Bonchev–Trinajstić information content (AvgIpc) is 2.08. The van der Waals surface area contributed by atoms with E-state index in [9.17, 15) is 4.39 Å². The van der Waals surface area contributed by atoms with Crippen LogP contribution < -0.4 is 0 Å². The minimum absolute atomic E-state index is 0.573. The van der Waals surface area contributed by atoms with E-state index in [0.29, 0.717) is 10.3 Å². The summed E-state index contributed by atoms with van der Waals surface area (Å²) in [6.45, 7) is 3.02. The molecule has 4 heteroatoms. The second kappa shape index (κ2) is 2.59. The number of rotatable bonds is 1. The number of hydrogen-bond acceptors (Lipinski definition) is 1. The van der Waals surface area contributed by atoms with Crippen molar-refractivity contribution in [1.29, 1.82) is 0 Å². The maximum Gasteiger partial charge on any atom is 0.146 e. The van der Waals surface area contributed by atoms with Crippen molar-refractivity contribution in [2.45, 2.75) is 19.5 Å². The third-order valence-electron chi connectivity index (χ3n) is 1.46. The van der Waals surface area contributed by atoms with E-state index in [2.05, 4.69) is 21.0 Å². The highest BCUT2D eigenvalue weighted by molar-refractivity contribution is 9.10. The minimum atomic E-state index is -1.33. The van der Waals surface area contributed by atoms with Crippen molar-refractivity contribution in [3.05, 3.63) is 16.4 Å². The van der Waals surface area contributed by atoms with E-state index in [1.165, 1.54) is 18.5 Å². The third-order valence-corrected chi connectivity index (χ3v) is 1.85. The van der Waals surface area contributed by atoms with Crippen LogP contribution in [0.3, 0.4) is 0 Å². The fraction of sp³-hybridized carbons (Fsp3) is 0.571. The Bertz CT molecular complexity index is 262. The Morgan fingerprint density at radius 3 is 2.36 bits per heavy atom. The number of alkyl halides is 1. The molecule has 0 saturated carbocycles. The number of nitrogens with zero attached hydrogens (tertiary/aromatic N) is 2. The molecule has 1 heterocycles. The van der Waals surface area contributed by atoms with Crippen LogP contribution in [-0.2, 0) is 12.7 Å². The second-order valence-electron chi connectivity index (χ2n) is 2.95. The van der Waals surface area contributed by atoms with Crippen molar-refractivity contribution < 1.29 is 4.39 Å². The molecule has 0 aromatic carbocycles. The molecule has 0 amide bonds. The molecule has 0 aliphatic rings. The summed E-state index contributed by atoms with van der Waals surface area (Å²) in [6.07, 6.45) is 0. The summed E-state index contributed by atoms with van der Waals surface area (Å²) in [5.74, 6) is 0. The first-order valence-electron chi connectivity index (χ1n) is 3.30. The normalized spacial score (nSPS) is 12.1. The van der Waals surface area contributed by atoms with Gasteiger partial charge in [-0.3, -0.25) is 4.68 Å². The van der Waals surface area contributed by atoms with Gasteiger partial charge in [-0.05, 0) is 35.8 Å². The Morgan fingerprint density at radius 2 is 2.18 bits per heavy atom. The first-order valence-corrected chi connectivity index (χ1v) is 4.09. The highest BCUT2D eigenvalue weighted by Crippen LogP contribution is 2.25. The van der Waals surface area contributed by atoms with E-state index in [0.717, 1.165) is 0 Å². The highest BCUT2D eigenvalue weighted by Gasteiger charge is 2.23. The van der Waals surface area contributed by atoms with Gasteiger partial charge in [-0.15, -0.1) is 0 Å². The fourth-order valence-electron chi connectivity index (χ4n) is 0.989. The molecule has 0 aliphatic heterocycles. The van der Waals surface area contributed by atoms with Gasteiger partial charge in [0, 0.05) is 7.05 Å². The summed E-state index contributed by atoms with van der Waals surface area (Å²) in [7, 11) is 1.72. The van der Waals surface area contributed by atoms with Crippen molar-refractivity contribution in [3.8, 4) is 0 Å². The molecule has 0 unspecified atom stereocenters. The van der Waals surface area contributed by atoms with E-state index in [1.807, 2.05) is 0 Å². The topological polar surface area (TPSA) is 17.8 Å². The van der Waals surface area contributed by atoms with Gasteiger partial charge in [-0.2, -0.15) is 5.10 Å². The zero-order valence-corrected chi connectivity index (χ0v) is 8.31.